The molecule has 6 nitrogen and oxygen atoms in total. The monoisotopic (exact) mass is 357 g/mol. The number of ether oxygens (including phenoxy) is 2. The summed E-state index contributed by atoms with van der Waals surface area (Å²) < 4.78 is 11.3. The fourth-order valence-corrected chi connectivity index (χ4v) is 2.38. The largest absolute Gasteiger partial charge is 0.483 e. The van der Waals surface area contributed by atoms with Gasteiger partial charge in [0.05, 0.1) is 6.10 Å². The van der Waals surface area contributed by atoms with Crippen LogP contribution < -0.4 is 10.1 Å². The Bertz CT molecular complexity index is 528. The van der Waals surface area contributed by atoms with Crippen LogP contribution in [0, 0.1) is 0 Å². The van der Waals surface area contributed by atoms with Crippen molar-refractivity contribution in [3.05, 3.63) is 28.2 Å². The SMILES string of the molecule is O=C(COc1ccc(Br)cc1C(=O)O)NCC1CCCO1. The smallest absolute Gasteiger partial charge is 0.339 e. The average molecular weight is 358 g/mol. The Morgan fingerprint density at radius 2 is 2.29 bits per heavy atom. The summed E-state index contributed by atoms with van der Waals surface area (Å²) in [4.78, 5) is 22.8. The summed E-state index contributed by atoms with van der Waals surface area (Å²) >= 11 is 3.20. The van der Waals surface area contributed by atoms with Crippen LogP contribution in [0.2, 0.25) is 0 Å². The molecule has 2 N–H and O–H groups in total. The number of aromatic carboxylic acids is 1. The van der Waals surface area contributed by atoms with E-state index in [2.05, 4.69) is 21.2 Å². The molecule has 1 unspecified atom stereocenters. The summed E-state index contributed by atoms with van der Waals surface area (Å²) in [7, 11) is 0. The van der Waals surface area contributed by atoms with Crippen LogP contribution >= 0.6 is 15.9 Å². The number of amides is 1. The molecule has 1 amide bonds. The minimum atomic E-state index is -1.11. The Kier molecular flexibility index (Phi) is 5.58. The number of benzene rings is 1. The third-order valence-corrected chi connectivity index (χ3v) is 3.57. The van der Waals surface area contributed by atoms with Crippen molar-refractivity contribution >= 4 is 27.8 Å². The number of carboxylic acid groups (broad SMARTS) is 1. The van der Waals surface area contributed by atoms with Gasteiger partial charge in [-0.3, -0.25) is 4.79 Å². The predicted octanol–water partition coefficient (Wildman–Crippen LogP) is 1.82. The molecule has 0 aliphatic carbocycles. The quantitative estimate of drug-likeness (QED) is 0.811. The molecule has 1 aliphatic rings. The molecule has 1 aromatic rings. The van der Waals surface area contributed by atoms with Crippen molar-refractivity contribution in [3.8, 4) is 5.75 Å². The van der Waals surface area contributed by atoms with Gasteiger partial charge in [-0.15, -0.1) is 0 Å². The Hall–Kier alpha value is -1.60. The minimum Gasteiger partial charge on any atom is -0.483 e. The minimum absolute atomic E-state index is 0.0105. The second-order valence-corrected chi connectivity index (χ2v) is 5.59. The lowest BCUT2D eigenvalue weighted by atomic mass is 10.2. The van der Waals surface area contributed by atoms with Gasteiger partial charge in [0.15, 0.2) is 6.61 Å². The summed E-state index contributed by atoms with van der Waals surface area (Å²) in [6.45, 7) is 0.959. The number of hydrogen-bond donors (Lipinski definition) is 2. The zero-order valence-electron chi connectivity index (χ0n) is 11.3. The van der Waals surface area contributed by atoms with E-state index in [1.807, 2.05) is 0 Å². The normalized spacial score (nSPS) is 17.5. The van der Waals surface area contributed by atoms with Crippen molar-refractivity contribution in [3.63, 3.8) is 0 Å². The van der Waals surface area contributed by atoms with E-state index in [9.17, 15) is 9.59 Å². The highest BCUT2D eigenvalue weighted by Gasteiger charge is 2.17. The van der Waals surface area contributed by atoms with Gasteiger partial charge in [0.25, 0.3) is 5.91 Å². The molecule has 2 rings (SSSR count). The van der Waals surface area contributed by atoms with Crippen molar-refractivity contribution in [2.75, 3.05) is 19.8 Å². The van der Waals surface area contributed by atoms with Crippen LogP contribution in [0.3, 0.4) is 0 Å². The van der Waals surface area contributed by atoms with Crippen molar-refractivity contribution in [1.29, 1.82) is 0 Å². The molecule has 1 fully saturated rings. The van der Waals surface area contributed by atoms with Crippen LogP contribution in [0.1, 0.15) is 23.2 Å². The van der Waals surface area contributed by atoms with Gasteiger partial charge in [0.1, 0.15) is 11.3 Å². The molecule has 1 aliphatic heterocycles. The number of carbonyl (C=O) groups excluding carboxylic acids is 1. The van der Waals surface area contributed by atoms with Crippen LogP contribution in [-0.4, -0.2) is 42.8 Å². The Morgan fingerprint density at radius 1 is 1.48 bits per heavy atom. The molecule has 0 spiro atoms. The molecule has 7 heteroatoms. The van der Waals surface area contributed by atoms with Gasteiger partial charge in [-0.25, -0.2) is 4.79 Å². The van der Waals surface area contributed by atoms with Crippen molar-refractivity contribution < 1.29 is 24.2 Å². The molecule has 1 aromatic carbocycles. The molecule has 0 aromatic heterocycles. The maximum absolute atomic E-state index is 11.7. The van der Waals surface area contributed by atoms with E-state index >= 15 is 0 Å². The first-order valence-corrected chi connectivity index (χ1v) is 7.39. The molecule has 21 heavy (non-hydrogen) atoms. The summed E-state index contributed by atoms with van der Waals surface area (Å²) in [5.41, 5.74) is 0.0105. The van der Waals surface area contributed by atoms with E-state index in [0.29, 0.717) is 11.0 Å². The summed E-state index contributed by atoms with van der Waals surface area (Å²) in [6.07, 6.45) is 2.02. The first-order chi connectivity index (χ1) is 10.1. The fourth-order valence-electron chi connectivity index (χ4n) is 2.02. The number of carboxylic acids is 1. The van der Waals surface area contributed by atoms with Gasteiger partial charge < -0.3 is 19.9 Å². The summed E-state index contributed by atoms with van der Waals surface area (Å²) in [5, 5.41) is 11.8. The number of nitrogens with one attached hydrogen (secondary N) is 1. The highest BCUT2D eigenvalue weighted by Crippen LogP contribution is 2.23. The molecule has 114 valence electrons. The van der Waals surface area contributed by atoms with Crippen LogP contribution in [-0.2, 0) is 9.53 Å². The Balaban J connectivity index is 1.84. The van der Waals surface area contributed by atoms with E-state index in [4.69, 9.17) is 14.6 Å². The van der Waals surface area contributed by atoms with Gasteiger partial charge in [-0.2, -0.15) is 0 Å². The van der Waals surface area contributed by atoms with E-state index in [1.54, 1.807) is 6.07 Å². The maximum atomic E-state index is 11.7. The zero-order valence-corrected chi connectivity index (χ0v) is 12.9. The lowest BCUT2D eigenvalue weighted by Gasteiger charge is -2.12. The molecular weight excluding hydrogens is 342 g/mol. The van der Waals surface area contributed by atoms with Crippen LogP contribution in [0.5, 0.6) is 5.75 Å². The first-order valence-electron chi connectivity index (χ1n) is 6.60. The van der Waals surface area contributed by atoms with Gasteiger partial charge in [-0.1, -0.05) is 15.9 Å². The van der Waals surface area contributed by atoms with Gasteiger partial charge in [0.2, 0.25) is 0 Å². The van der Waals surface area contributed by atoms with Crippen LogP contribution in [0.15, 0.2) is 22.7 Å². The molecule has 1 saturated heterocycles. The predicted molar refractivity (Wildman–Crippen MR) is 78.6 cm³/mol. The molecule has 0 saturated carbocycles. The molecule has 0 radical (unpaired) electrons. The fraction of sp³-hybridized carbons (Fsp3) is 0.429. The highest BCUT2D eigenvalue weighted by molar-refractivity contribution is 9.10. The average Bonchev–Trinajstić information content (AvgIpc) is 2.97. The first kappa shape index (κ1) is 15.8. The Morgan fingerprint density at radius 3 is 2.95 bits per heavy atom. The topological polar surface area (TPSA) is 84.9 Å². The van der Waals surface area contributed by atoms with Crippen molar-refractivity contribution in [2.24, 2.45) is 0 Å². The van der Waals surface area contributed by atoms with Gasteiger partial charge >= 0.3 is 5.97 Å². The van der Waals surface area contributed by atoms with Crippen molar-refractivity contribution in [1.82, 2.24) is 5.32 Å². The van der Waals surface area contributed by atoms with E-state index in [0.717, 1.165) is 19.4 Å². The van der Waals surface area contributed by atoms with Gasteiger partial charge in [-0.05, 0) is 31.0 Å². The van der Waals surface area contributed by atoms with E-state index < -0.39 is 5.97 Å². The lowest BCUT2D eigenvalue weighted by Crippen LogP contribution is -2.35. The number of halogens is 1. The summed E-state index contributed by atoms with van der Waals surface area (Å²) in [5.74, 6) is -1.24. The molecule has 1 heterocycles. The summed E-state index contributed by atoms with van der Waals surface area (Å²) in [6, 6.07) is 4.61. The molecular formula is C14H16BrNO5. The number of carbonyl (C=O) groups is 2. The standard InChI is InChI=1S/C14H16BrNO5/c15-9-3-4-12(11(6-9)14(18)19)21-8-13(17)16-7-10-2-1-5-20-10/h3-4,6,10H,1-2,5,7-8H2,(H,16,17)(H,18,19). The van der Waals surface area contributed by atoms with Crippen LogP contribution in [0.25, 0.3) is 0 Å². The van der Waals surface area contributed by atoms with Gasteiger partial charge in [0, 0.05) is 17.6 Å². The number of hydrogen-bond acceptors (Lipinski definition) is 4. The van der Waals surface area contributed by atoms with Crippen LogP contribution in [0.4, 0.5) is 0 Å². The second kappa shape index (κ2) is 7.42. The third kappa shape index (κ3) is 4.71. The highest BCUT2D eigenvalue weighted by atomic mass is 79.9. The number of rotatable bonds is 6. The molecule has 0 bridgehead atoms. The molecule has 1 atom stereocenters. The lowest BCUT2D eigenvalue weighted by molar-refractivity contribution is -0.123. The van der Waals surface area contributed by atoms with E-state index in [-0.39, 0.29) is 29.9 Å². The van der Waals surface area contributed by atoms with Crippen molar-refractivity contribution in [2.45, 2.75) is 18.9 Å². The zero-order chi connectivity index (χ0) is 15.2. The van der Waals surface area contributed by atoms with E-state index in [1.165, 1.54) is 12.1 Å². The Labute approximate surface area is 130 Å². The third-order valence-electron chi connectivity index (χ3n) is 3.08. The maximum Gasteiger partial charge on any atom is 0.339 e. The second-order valence-electron chi connectivity index (χ2n) is 4.67.